The van der Waals surface area contributed by atoms with Crippen LogP contribution in [0.4, 0.5) is 0 Å². The zero-order valence-corrected chi connectivity index (χ0v) is 16.5. The molecule has 1 aliphatic rings. The van der Waals surface area contributed by atoms with E-state index < -0.39 is 15.6 Å². The van der Waals surface area contributed by atoms with E-state index in [1.165, 1.54) is 13.1 Å². The number of carbonyl (C=O) groups excluding carboxylic acids is 1. The second-order valence-corrected chi connectivity index (χ2v) is 8.70. The Bertz CT molecular complexity index is 707. The second kappa shape index (κ2) is 8.49. The lowest BCUT2D eigenvalue weighted by molar-refractivity contribution is -0.128. The second-order valence-electron chi connectivity index (χ2n) is 6.81. The van der Waals surface area contributed by atoms with Gasteiger partial charge in [-0.15, -0.1) is 12.4 Å². The molecule has 0 bridgehead atoms. The molecule has 4 N–H and O–H groups in total. The van der Waals surface area contributed by atoms with E-state index in [9.17, 15) is 13.2 Å². The number of benzene rings is 1. The van der Waals surface area contributed by atoms with Crippen molar-refractivity contribution in [3.63, 3.8) is 0 Å². The first kappa shape index (κ1) is 21.9. The van der Waals surface area contributed by atoms with Crippen molar-refractivity contribution in [1.29, 1.82) is 0 Å². The maximum atomic E-state index is 12.6. The Morgan fingerprint density at radius 1 is 1.36 bits per heavy atom. The molecule has 1 saturated carbocycles. The zero-order valence-electron chi connectivity index (χ0n) is 14.9. The Hall–Kier alpha value is -1.15. The lowest BCUT2D eigenvalue weighted by atomic mass is 9.74. The highest BCUT2D eigenvalue weighted by Gasteiger charge is 2.38. The van der Waals surface area contributed by atoms with Crippen LogP contribution in [0.5, 0.6) is 0 Å². The zero-order chi connectivity index (χ0) is 18.0. The number of carbonyl (C=O) groups is 1. The Morgan fingerprint density at radius 2 is 2.04 bits per heavy atom. The molecule has 1 aromatic rings. The van der Waals surface area contributed by atoms with Crippen LogP contribution in [0.25, 0.3) is 0 Å². The van der Waals surface area contributed by atoms with Crippen molar-refractivity contribution < 1.29 is 13.2 Å². The Morgan fingerprint density at radius 3 is 2.64 bits per heavy atom. The summed E-state index contributed by atoms with van der Waals surface area (Å²) in [6.45, 7) is 3.78. The number of nitrogens with two attached hydrogens (primary N) is 1. The molecule has 0 saturated heterocycles. The molecule has 1 fully saturated rings. The highest BCUT2D eigenvalue weighted by Crippen LogP contribution is 2.32. The summed E-state index contributed by atoms with van der Waals surface area (Å²) in [5, 5.41) is 2.98. The predicted octanol–water partition coefficient (Wildman–Crippen LogP) is 2.10. The number of halogens is 1. The molecular weight excluding hydrogens is 362 g/mol. The Balaban J connectivity index is 0.00000312. The monoisotopic (exact) mass is 389 g/mol. The number of hydrogen-bond donors (Lipinski definition) is 3. The van der Waals surface area contributed by atoms with Gasteiger partial charge in [-0.3, -0.25) is 4.79 Å². The lowest BCUT2D eigenvalue weighted by Gasteiger charge is -2.37. The van der Waals surface area contributed by atoms with Gasteiger partial charge < -0.3 is 11.1 Å². The fraction of sp³-hybridized carbons (Fsp3) is 0.588. The minimum Gasteiger partial charge on any atom is -0.349 e. The van der Waals surface area contributed by atoms with E-state index in [2.05, 4.69) is 10.0 Å². The van der Waals surface area contributed by atoms with Crippen LogP contribution in [0.15, 0.2) is 29.2 Å². The molecule has 6 nitrogen and oxygen atoms in total. The molecule has 8 heteroatoms. The van der Waals surface area contributed by atoms with E-state index in [1.807, 2.05) is 19.9 Å². The summed E-state index contributed by atoms with van der Waals surface area (Å²) in [7, 11) is -2.13. The fourth-order valence-electron chi connectivity index (χ4n) is 3.26. The molecule has 3 unspecified atom stereocenters. The smallest absolute Gasteiger partial charge is 0.240 e. The summed E-state index contributed by atoms with van der Waals surface area (Å²) in [5.74, 6) is -0.271. The van der Waals surface area contributed by atoms with Gasteiger partial charge in [0.2, 0.25) is 15.9 Å². The molecule has 142 valence electrons. The first-order valence-corrected chi connectivity index (χ1v) is 9.78. The third-order valence-electron chi connectivity index (χ3n) is 4.87. The Labute approximate surface area is 156 Å². The van der Waals surface area contributed by atoms with Gasteiger partial charge in [-0.25, -0.2) is 13.1 Å². The minimum atomic E-state index is -3.50. The molecule has 1 aromatic carbocycles. The van der Waals surface area contributed by atoms with Crippen molar-refractivity contribution in [2.24, 2.45) is 11.7 Å². The fourth-order valence-corrected chi connectivity index (χ4v) is 4.04. The summed E-state index contributed by atoms with van der Waals surface area (Å²) < 4.78 is 26.1. The summed E-state index contributed by atoms with van der Waals surface area (Å²) in [4.78, 5) is 12.8. The van der Waals surface area contributed by atoms with Gasteiger partial charge >= 0.3 is 0 Å². The Kier molecular flexibility index (Phi) is 7.43. The van der Waals surface area contributed by atoms with Crippen LogP contribution in [-0.2, 0) is 14.8 Å². The van der Waals surface area contributed by atoms with Gasteiger partial charge in [0.15, 0.2) is 0 Å². The standard InChI is InChI=1S/C17H27N3O3S.ClH/c1-12(13-7-6-8-14(11-13)24(22,23)19-3)20-16(21)15-9-4-5-10-17(15,2)18;/h6-8,11-12,15,19H,4-5,9-10,18H2,1-3H3,(H,20,21);1H. The quantitative estimate of drug-likeness (QED) is 0.717. The van der Waals surface area contributed by atoms with Crippen molar-refractivity contribution in [1.82, 2.24) is 10.0 Å². The van der Waals surface area contributed by atoms with Crippen molar-refractivity contribution in [3.8, 4) is 0 Å². The van der Waals surface area contributed by atoms with Crippen molar-refractivity contribution >= 4 is 28.3 Å². The average molecular weight is 390 g/mol. The van der Waals surface area contributed by atoms with E-state index >= 15 is 0 Å². The highest BCUT2D eigenvalue weighted by atomic mass is 35.5. The van der Waals surface area contributed by atoms with Gasteiger partial charge in [-0.1, -0.05) is 25.0 Å². The molecule has 25 heavy (non-hydrogen) atoms. The number of nitrogens with one attached hydrogen (secondary N) is 2. The van der Waals surface area contributed by atoms with E-state index in [0.717, 1.165) is 31.2 Å². The van der Waals surface area contributed by atoms with Crippen LogP contribution < -0.4 is 15.8 Å². The molecule has 0 radical (unpaired) electrons. The van der Waals surface area contributed by atoms with Gasteiger partial charge in [0, 0.05) is 5.54 Å². The maximum absolute atomic E-state index is 12.6. The predicted molar refractivity (Wildman–Crippen MR) is 101 cm³/mol. The SMILES string of the molecule is CNS(=O)(=O)c1cccc(C(C)NC(=O)C2CCCCC2(C)N)c1.Cl. The maximum Gasteiger partial charge on any atom is 0.240 e. The first-order valence-electron chi connectivity index (χ1n) is 8.30. The highest BCUT2D eigenvalue weighted by molar-refractivity contribution is 7.89. The molecule has 0 heterocycles. The number of sulfonamides is 1. The molecule has 3 atom stereocenters. The topological polar surface area (TPSA) is 101 Å². The van der Waals surface area contributed by atoms with E-state index in [0.29, 0.717) is 0 Å². The van der Waals surface area contributed by atoms with Gasteiger partial charge in [0.05, 0.1) is 16.9 Å². The third kappa shape index (κ3) is 5.17. The molecule has 2 rings (SSSR count). The normalized spacial score (nSPS) is 24.9. The van der Waals surface area contributed by atoms with Gasteiger partial charge in [-0.05, 0) is 51.4 Å². The average Bonchev–Trinajstić information content (AvgIpc) is 2.54. The largest absolute Gasteiger partial charge is 0.349 e. The van der Waals surface area contributed by atoms with Gasteiger partial charge in [-0.2, -0.15) is 0 Å². The van der Waals surface area contributed by atoms with Crippen LogP contribution in [0.1, 0.15) is 51.1 Å². The number of hydrogen-bond acceptors (Lipinski definition) is 4. The van der Waals surface area contributed by atoms with E-state index in [4.69, 9.17) is 5.73 Å². The summed E-state index contributed by atoms with van der Waals surface area (Å²) in [5.41, 5.74) is 6.55. The molecule has 0 aromatic heterocycles. The molecule has 0 spiro atoms. The van der Waals surface area contributed by atoms with Gasteiger partial charge in [0.25, 0.3) is 0 Å². The van der Waals surface area contributed by atoms with Crippen LogP contribution in [0.3, 0.4) is 0 Å². The van der Waals surface area contributed by atoms with Crippen molar-refractivity contribution in [3.05, 3.63) is 29.8 Å². The van der Waals surface area contributed by atoms with E-state index in [1.54, 1.807) is 12.1 Å². The number of amides is 1. The lowest BCUT2D eigenvalue weighted by Crippen LogP contribution is -2.53. The molecule has 1 amide bonds. The van der Waals surface area contributed by atoms with E-state index in [-0.39, 0.29) is 35.2 Å². The molecule has 0 aliphatic heterocycles. The number of rotatable bonds is 5. The van der Waals surface area contributed by atoms with Crippen LogP contribution >= 0.6 is 12.4 Å². The third-order valence-corrected chi connectivity index (χ3v) is 6.28. The first-order chi connectivity index (χ1) is 11.2. The van der Waals surface area contributed by atoms with Crippen LogP contribution in [-0.4, -0.2) is 26.9 Å². The summed E-state index contributed by atoms with van der Waals surface area (Å²) in [6.07, 6.45) is 3.69. The minimum absolute atomic E-state index is 0. The van der Waals surface area contributed by atoms with Crippen LogP contribution in [0, 0.1) is 5.92 Å². The molecular formula is C17H28ClN3O3S. The summed E-state index contributed by atoms with van der Waals surface area (Å²) >= 11 is 0. The van der Waals surface area contributed by atoms with Crippen LogP contribution in [0.2, 0.25) is 0 Å². The van der Waals surface area contributed by atoms with Crippen molar-refractivity contribution in [2.45, 2.75) is 56.0 Å². The molecule has 1 aliphatic carbocycles. The van der Waals surface area contributed by atoms with Crippen molar-refractivity contribution in [2.75, 3.05) is 7.05 Å². The van der Waals surface area contributed by atoms with Gasteiger partial charge in [0.1, 0.15) is 0 Å². The summed E-state index contributed by atoms with van der Waals surface area (Å²) in [6, 6.07) is 6.31.